The van der Waals surface area contributed by atoms with Gasteiger partial charge in [0.2, 0.25) is 5.91 Å². The summed E-state index contributed by atoms with van der Waals surface area (Å²) in [5.41, 5.74) is 1.20. The van der Waals surface area contributed by atoms with Crippen LogP contribution in [-0.2, 0) is 4.79 Å². The molecule has 0 aromatic heterocycles. The number of ketones is 1. The number of carbonyl (C=O) groups excluding carboxylic acids is 2. The fourth-order valence-corrected chi connectivity index (χ4v) is 3.02. The number of amides is 1. The number of benzene rings is 1. The third-order valence-electron chi connectivity index (χ3n) is 4.44. The molecule has 1 atom stereocenters. The summed E-state index contributed by atoms with van der Waals surface area (Å²) in [4.78, 5) is 33.6. The van der Waals surface area contributed by atoms with E-state index >= 15 is 0 Å². The Morgan fingerprint density at radius 1 is 1.18 bits per heavy atom. The largest absolute Gasteiger partial charge is 0.339 e. The van der Waals surface area contributed by atoms with E-state index in [4.69, 9.17) is 0 Å². The van der Waals surface area contributed by atoms with Gasteiger partial charge in [-0.3, -0.25) is 19.5 Å². The van der Waals surface area contributed by atoms with Crippen LogP contribution in [0.1, 0.15) is 24.2 Å². The molecule has 0 aliphatic carbocycles. The first-order valence-electron chi connectivity index (χ1n) is 7.78. The summed E-state index contributed by atoms with van der Waals surface area (Å²) in [7, 11) is 0. The van der Waals surface area contributed by atoms with Crippen molar-refractivity contribution < 1.29 is 9.59 Å². The van der Waals surface area contributed by atoms with Gasteiger partial charge in [-0.05, 0) is 26.0 Å². The van der Waals surface area contributed by atoms with E-state index in [9.17, 15) is 9.59 Å². The van der Waals surface area contributed by atoms with Crippen molar-refractivity contribution in [3.63, 3.8) is 0 Å². The van der Waals surface area contributed by atoms with Gasteiger partial charge in [-0.2, -0.15) is 0 Å². The van der Waals surface area contributed by atoms with Gasteiger partial charge in [-0.1, -0.05) is 12.1 Å². The van der Waals surface area contributed by atoms with Crippen LogP contribution in [0.25, 0.3) is 0 Å². The number of para-hydroxylation sites is 1. The summed E-state index contributed by atoms with van der Waals surface area (Å²) >= 11 is 0. The van der Waals surface area contributed by atoms with Crippen LogP contribution in [0.2, 0.25) is 0 Å². The number of carbonyl (C=O) groups is 2. The minimum absolute atomic E-state index is 0.119. The van der Waals surface area contributed by atoms with Gasteiger partial charge in [0, 0.05) is 44.0 Å². The normalized spacial score (nSPS) is 22.0. The molecule has 2 aliphatic heterocycles. The number of rotatable bonds is 2. The van der Waals surface area contributed by atoms with Crippen LogP contribution >= 0.6 is 0 Å². The fraction of sp³-hybridized carbons (Fsp3) is 0.471. The van der Waals surface area contributed by atoms with Gasteiger partial charge < -0.3 is 4.90 Å². The maximum atomic E-state index is 12.6. The summed E-state index contributed by atoms with van der Waals surface area (Å²) in [5, 5.41) is 0. The van der Waals surface area contributed by atoms with Crippen molar-refractivity contribution in [1.29, 1.82) is 0 Å². The second-order valence-corrected chi connectivity index (χ2v) is 6.09. The maximum absolute atomic E-state index is 12.6. The average molecular weight is 299 g/mol. The molecule has 0 radical (unpaired) electrons. The van der Waals surface area contributed by atoms with Crippen LogP contribution in [0.15, 0.2) is 29.3 Å². The minimum Gasteiger partial charge on any atom is -0.339 e. The van der Waals surface area contributed by atoms with E-state index in [2.05, 4.69) is 23.7 Å². The molecular formula is C17H21N3O2. The van der Waals surface area contributed by atoms with Crippen LogP contribution in [0.3, 0.4) is 0 Å². The number of Topliss-reactive ketones (excluding diaryl/α,β-unsaturated/α-hetero) is 1. The molecule has 1 aromatic rings. The van der Waals surface area contributed by atoms with Gasteiger partial charge in [-0.25, -0.2) is 0 Å². The van der Waals surface area contributed by atoms with E-state index in [1.54, 1.807) is 23.1 Å². The lowest BCUT2D eigenvalue weighted by Gasteiger charge is -2.38. The van der Waals surface area contributed by atoms with Crippen molar-refractivity contribution in [2.45, 2.75) is 19.9 Å². The number of hydrogen-bond acceptors (Lipinski definition) is 4. The minimum atomic E-state index is -0.763. The van der Waals surface area contributed by atoms with Gasteiger partial charge in [0.15, 0.2) is 5.78 Å². The van der Waals surface area contributed by atoms with E-state index in [0.717, 1.165) is 13.1 Å². The first kappa shape index (κ1) is 14.9. The van der Waals surface area contributed by atoms with Crippen LogP contribution in [0.4, 0.5) is 5.69 Å². The first-order chi connectivity index (χ1) is 10.6. The molecule has 0 spiro atoms. The van der Waals surface area contributed by atoms with Crippen LogP contribution in [-0.4, -0.2) is 59.9 Å². The Hall–Kier alpha value is -2.01. The predicted octanol–water partition coefficient (Wildman–Crippen LogP) is 1.75. The quantitative estimate of drug-likeness (QED) is 0.782. The zero-order chi connectivity index (χ0) is 15.7. The van der Waals surface area contributed by atoms with Gasteiger partial charge in [-0.15, -0.1) is 0 Å². The Morgan fingerprint density at radius 2 is 1.86 bits per heavy atom. The van der Waals surface area contributed by atoms with E-state index < -0.39 is 5.92 Å². The lowest BCUT2D eigenvalue weighted by atomic mass is 9.93. The highest BCUT2D eigenvalue weighted by atomic mass is 16.2. The molecule has 2 aliphatic rings. The molecule has 22 heavy (non-hydrogen) atoms. The molecule has 1 saturated heterocycles. The van der Waals surface area contributed by atoms with Crippen molar-refractivity contribution in [3.05, 3.63) is 29.8 Å². The molecule has 0 bridgehead atoms. The highest BCUT2D eigenvalue weighted by Gasteiger charge is 2.34. The second-order valence-electron chi connectivity index (χ2n) is 6.09. The van der Waals surface area contributed by atoms with Crippen LogP contribution < -0.4 is 0 Å². The first-order valence-corrected chi connectivity index (χ1v) is 7.78. The summed E-state index contributed by atoms with van der Waals surface area (Å²) in [6, 6.07) is 7.68. The molecule has 3 rings (SSSR count). The van der Waals surface area contributed by atoms with Gasteiger partial charge in [0.1, 0.15) is 5.92 Å². The SMILES string of the molecule is CC(C)N1CCN(C(=O)C2C=Nc3ccccc3C2=O)CC1. The average Bonchev–Trinajstić information content (AvgIpc) is 2.55. The van der Waals surface area contributed by atoms with E-state index in [-0.39, 0.29) is 11.7 Å². The van der Waals surface area contributed by atoms with Crippen molar-refractivity contribution in [1.82, 2.24) is 9.80 Å². The second kappa shape index (κ2) is 6.01. The molecule has 1 unspecified atom stereocenters. The maximum Gasteiger partial charge on any atom is 0.239 e. The Morgan fingerprint density at radius 3 is 2.55 bits per heavy atom. The third-order valence-corrected chi connectivity index (χ3v) is 4.44. The number of piperazine rings is 1. The third kappa shape index (κ3) is 2.68. The molecule has 1 amide bonds. The monoisotopic (exact) mass is 299 g/mol. The smallest absolute Gasteiger partial charge is 0.239 e. The van der Waals surface area contributed by atoms with Crippen LogP contribution in [0.5, 0.6) is 0 Å². The zero-order valence-corrected chi connectivity index (χ0v) is 13.0. The Balaban J connectivity index is 1.71. The van der Waals surface area contributed by atoms with Gasteiger partial charge >= 0.3 is 0 Å². The highest BCUT2D eigenvalue weighted by Crippen LogP contribution is 2.26. The topological polar surface area (TPSA) is 53.0 Å². The zero-order valence-electron chi connectivity index (χ0n) is 13.0. The number of aliphatic imine (C=N–C) groups is 1. The van der Waals surface area contributed by atoms with Crippen molar-refractivity contribution in [2.24, 2.45) is 10.9 Å². The number of nitrogens with zero attached hydrogens (tertiary/aromatic N) is 3. The van der Waals surface area contributed by atoms with E-state index in [0.29, 0.717) is 30.4 Å². The molecule has 2 heterocycles. The van der Waals surface area contributed by atoms with Crippen molar-refractivity contribution >= 4 is 23.6 Å². The molecule has 0 N–H and O–H groups in total. The van der Waals surface area contributed by atoms with Gasteiger partial charge in [0.25, 0.3) is 0 Å². The summed E-state index contributed by atoms with van der Waals surface area (Å²) in [6.07, 6.45) is 1.50. The number of fused-ring (bicyclic) bond motifs is 1. The molecule has 1 aromatic carbocycles. The fourth-order valence-electron chi connectivity index (χ4n) is 3.02. The molecule has 0 saturated carbocycles. The molecule has 116 valence electrons. The van der Waals surface area contributed by atoms with Crippen molar-refractivity contribution in [2.75, 3.05) is 26.2 Å². The summed E-state index contributed by atoms with van der Waals surface area (Å²) in [6.45, 7) is 7.39. The van der Waals surface area contributed by atoms with Gasteiger partial charge in [0.05, 0.1) is 5.69 Å². The predicted molar refractivity (Wildman–Crippen MR) is 85.7 cm³/mol. The summed E-state index contributed by atoms with van der Waals surface area (Å²) < 4.78 is 0. The van der Waals surface area contributed by atoms with Crippen molar-refractivity contribution in [3.8, 4) is 0 Å². The lowest BCUT2D eigenvalue weighted by Crippen LogP contribution is -2.53. The highest BCUT2D eigenvalue weighted by molar-refractivity contribution is 6.23. The molecule has 1 fully saturated rings. The summed E-state index contributed by atoms with van der Waals surface area (Å²) in [5.74, 6) is -1.02. The Bertz CT molecular complexity index is 616. The Labute approximate surface area is 130 Å². The molecule has 5 nitrogen and oxygen atoms in total. The number of hydrogen-bond donors (Lipinski definition) is 0. The van der Waals surface area contributed by atoms with Crippen LogP contribution in [0, 0.1) is 5.92 Å². The van der Waals surface area contributed by atoms with E-state index in [1.165, 1.54) is 6.21 Å². The molecule has 5 heteroatoms. The Kier molecular flexibility index (Phi) is 4.07. The van der Waals surface area contributed by atoms with E-state index in [1.807, 2.05) is 6.07 Å². The molecular weight excluding hydrogens is 278 g/mol. The lowest BCUT2D eigenvalue weighted by molar-refractivity contribution is -0.134. The standard InChI is InChI=1S/C17H21N3O2/c1-12(2)19-7-9-20(10-8-19)17(22)14-11-18-15-6-4-3-5-13(15)16(14)21/h3-6,11-12,14H,7-10H2,1-2H3.